The second kappa shape index (κ2) is 14.2. The molecule has 15 heteroatoms. The van der Waals surface area contributed by atoms with Crippen molar-refractivity contribution in [1.29, 1.82) is 0 Å². The number of aromatic nitrogens is 2. The van der Waals surface area contributed by atoms with Gasteiger partial charge in [-0.1, -0.05) is 86.6 Å². The highest BCUT2D eigenvalue weighted by Gasteiger charge is 2.64. The molecule has 0 aliphatic heterocycles. The Morgan fingerprint density at radius 1 is 0.979 bits per heavy atom. The quantitative estimate of drug-likeness (QED) is 0.135. The molecule has 250 valence electrons. The van der Waals surface area contributed by atoms with E-state index < -0.39 is 39.5 Å². The van der Waals surface area contributed by atoms with E-state index >= 15 is 0 Å². The summed E-state index contributed by atoms with van der Waals surface area (Å²) in [6.07, 6.45) is -3.64. The molecule has 4 aromatic rings. The largest absolute Gasteiger partial charge is 0.479 e. The molecule has 0 saturated carbocycles. The first kappa shape index (κ1) is 35.5. The van der Waals surface area contributed by atoms with Gasteiger partial charge in [-0.15, -0.1) is 11.8 Å². The van der Waals surface area contributed by atoms with Crippen LogP contribution in [0.4, 0.5) is 18.0 Å². The van der Waals surface area contributed by atoms with E-state index in [9.17, 15) is 41.4 Å². The van der Waals surface area contributed by atoms with Crippen LogP contribution in [0.25, 0.3) is 11.1 Å². The highest BCUT2D eigenvalue weighted by atomic mass is 32.2. The molecule has 1 aromatic heterocycles. The third-order valence-corrected chi connectivity index (χ3v) is 9.64. The van der Waals surface area contributed by atoms with Gasteiger partial charge < -0.3 is 20.1 Å². The van der Waals surface area contributed by atoms with Crippen LogP contribution in [0.1, 0.15) is 48.8 Å². The normalized spacial score (nSPS) is 13.9. The molecule has 2 unspecified atom stereocenters. The number of carbonyl (C=O) groups excluding carboxylic acids is 1. The highest BCUT2D eigenvalue weighted by Crippen LogP contribution is 2.44. The predicted octanol–water partition coefficient (Wildman–Crippen LogP) is 5.86. The molecule has 0 radical (unpaired) electrons. The van der Waals surface area contributed by atoms with Gasteiger partial charge in [0.25, 0.3) is 10.0 Å². The number of halogens is 3. The summed E-state index contributed by atoms with van der Waals surface area (Å²) in [5.41, 5.74) is -3.23. The summed E-state index contributed by atoms with van der Waals surface area (Å²) in [5, 5.41) is 22.6. The molecule has 4 rings (SSSR count). The van der Waals surface area contributed by atoms with Gasteiger partial charge in [0.1, 0.15) is 16.5 Å². The van der Waals surface area contributed by atoms with Crippen molar-refractivity contribution < 1.29 is 41.4 Å². The van der Waals surface area contributed by atoms with Crippen LogP contribution < -0.4 is 10.0 Å². The number of nitrogens with zero attached hydrogens (tertiary/aromatic N) is 2. The zero-order valence-corrected chi connectivity index (χ0v) is 27.2. The van der Waals surface area contributed by atoms with Crippen molar-refractivity contribution in [2.24, 2.45) is 0 Å². The van der Waals surface area contributed by atoms with E-state index in [0.29, 0.717) is 17.5 Å². The van der Waals surface area contributed by atoms with Crippen molar-refractivity contribution in [3.63, 3.8) is 0 Å². The number of hydrogen-bond donors (Lipinski definition) is 4. The maximum absolute atomic E-state index is 14.2. The van der Waals surface area contributed by atoms with Crippen LogP contribution in [0.5, 0.6) is 0 Å². The van der Waals surface area contributed by atoms with Gasteiger partial charge in [0.15, 0.2) is 0 Å². The number of nitrogens with one attached hydrogen (secondary N) is 2. The number of carboxylic acid groups (broad SMARTS) is 1. The first-order chi connectivity index (χ1) is 22.1. The number of hydrogen-bond acceptors (Lipinski definition) is 7. The molecule has 0 aliphatic carbocycles. The molecule has 1 heterocycles. The average Bonchev–Trinajstić information content (AvgIpc) is 3.41. The zero-order chi connectivity index (χ0) is 34.6. The maximum Gasteiger partial charge on any atom is 0.434 e. The number of thioether (sulfide) groups is 1. The van der Waals surface area contributed by atoms with Gasteiger partial charge in [-0.2, -0.15) is 13.2 Å². The van der Waals surface area contributed by atoms with Gasteiger partial charge in [0, 0.05) is 24.6 Å². The fraction of sp³-hybridized carbons (Fsp3) is 0.281. The average molecular weight is 691 g/mol. The topological polar surface area (TPSA) is 151 Å². The van der Waals surface area contributed by atoms with Crippen LogP contribution in [0.15, 0.2) is 88.8 Å². The Labute approximate surface area is 274 Å². The molecule has 0 aliphatic rings. The molecule has 0 saturated heterocycles. The predicted molar refractivity (Wildman–Crippen MR) is 170 cm³/mol. The van der Waals surface area contributed by atoms with E-state index in [-0.39, 0.29) is 40.3 Å². The van der Waals surface area contributed by atoms with Crippen molar-refractivity contribution in [1.82, 2.24) is 19.6 Å². The number of rotatable bonds is 12. The van der Waals surface area contributed by atoms with E-state index in [0.717, 1.165) is 21.9 Å². The summed E-state index contributed by atoms with van der Waals surface area (Å²) >= 11 is 0.792. The minimum Gasteiger partial charge on any atom is -0.479 e. The Morgan fingerprint density at radius 2 is 1.60 bits per heavy atom. The van der Waals surface area contributed by atoms with Gasteiger partial charge in [-0.25, -0.2) is 27.7 Å². The van der Waals surface area contributed by atoms with E-state index in [4.69, 9.17) is 0 Å². The maximum atomic E-state index is 14.2. The summed E-state index contributed by atoms with van der Waals surface area (Å²) in [7, 11) is -4.33. The van der Waals surface area contributed by atoms with Crippen molar-refractivity contribution in [2.45, 2.75) is 61.0 Å². The molecular formula is C32H33F3N4O6S2. The number of alkyl halides is 3. The van der Waals surface area contributed by atoms with Crippen molar-refractivity contribution in [2.75, 3.05) is 6.26 Å². The number of benzene rings is 3. The number of carboxylic acids is 1. The van der Waals surface area contributed by atoms with Crippen molar-refractivity contribution >= 4 is 33.8 Å². The Bertz CT molecular complexity index is 1850. The molecular weight excluding hydrogens is 658 g/mol. The number of aliphatic hydroxyl groups is 1. The second-order valence-electron chi connectivity index (χ2n) is 10.7. The van der Waals surface area contributed by atoms with Gasteiger partial charge in [0.05, 0.1) is 4.90 Å². The molecule has 0 bridgehead atoms. The molecule has 2 amide bonds. The van der Waals surface area contributed by atoms with Gasteiger partial charge >= 0.3 is 23.8 Å². The molecule has 0 spiro atoms. The zero-order valence-electron chi connectivity index (χ0n) is 25.6. The number of imidazole rings is 1. The minimum absolute atomic E-state index is 0.105. The summed E-state index contributed by atoms with van der Waals surface area (Å²) in [5.74, 6) is -2.68. The number of carbonyl (C=O) groups is 2. The van der Waals surface area contributed by atoms with Gasteiger partial charge in [-0.05, 0) is 35.4 Å². The standard InChI is InChI=1S/C32H33F3N4O6S2/c1-4-20(2)27-37-28(46-3)26(31(43,29(40)41)32(33,34)35)39(27)19-22-14-16-23(17-15-22)24-12-8-9-13-25(24)47(44,45)38-30(42)36-18-21-10-6-5-7-11-21/h5-17,20,43H,4,18-19H2,1-3H3,(H,40,41)(H2,36,38,42). The van der Waals surface area contributed by atoms with Crippen molar-refractivity contribution in [3.8, 4) is 11.1 Å². The number of sulfonamides is 1. The Morgan fingerprint density at radius 3 is 2.17 bits per heavy atom. The van der Waals surface area contributed by atoms with E-state index in [1.54, 1.807) is 74.5 Å². The molecule has 10 nitrogen and oxygen atoms in total. The van der Waals surface area contributed by atoms with Crippen LogP contribution in [-0.2, 0) is 33.5 Å². The lowest BCUT2D eigenvalue weighted by molar-refractivity contribution is -0.268. The first-order valence-electron chi connectivity index (χ1n) is 14.3. The lowest BCUT2D eigenvalue weighted by atomic mass is 9.98. The molecule has 4 N–H and O–H groups in total. The summed E-state index contributed by atoms with van der Waals surface area (Å²) in [6.45, 7) is 3.37. The Hall–Kier alpha value is -4.34. The SMILES string of the molecule is CCC(C)c1nc(SC)c(C(O)(C(=O)O)C(F)(F)F)n1Cc1ccc(-c2ccccc2S(=O)(=O)NC(=O)NCc2ccccc2)cc1. The van der Waals surface area contributed by atoms with E-state index in [1.165, 1.54) is 18.4 Å². The fourth-order valence-electron chi connectivity index (χ4n) is 4.92. The lowest BCUT2D eigenvalue weighted by Crippen LogP contribution is -2.51. The summed E-state index contributed by atoms with van der Waals surface area (Å²) in [4.78, 5) is 28.6. The Balaban J connectivity index is 1.67. The van der Waals surface area contributed by atoms with Crippen LogP contribution in [0.3, 0.4) is 0 Å². The molecule has 3 aromatic carbocycles. The van der Waals surface area contributed by atoms with Crippen LogP contribution in [0, 0.1) is 0 Å². The number of amides is 2. The third kappa shape index (κ3) is 7.47. The molecule has 2 atom stereocenters. The fourth-order valence-corrected chi connectivity index (χ4v) is 6.71. The van der Waals surface area contributed by atoms with E-state index in [1.807, 2.05) is 10.8 Å². The van der Waals surface area contributed by atoms with Crippen LogP contribution in [0.2, 0.25) is 0 Å². The number of urea groups is 1. The van der Waals surface area contributed by atoms with Gasteiger partial charge in [0.2, 0.25) is 0 Å². The van der Waals surface area contributed by atoms with Crippen molar-refractivity contribution in [3.05, 3.63) is 102 Å². The molecule has 47 heavy (non-hydrogen) atoms. The summed E-state index contributed by atoms with van der Waals surface area (Å²) < 4.78 is 72.1. The highest BCUT2D eigenvalue weighted by molar-refractivity contribution is 7.98. The molecule has 0 fully saturated rings. The smallest absolute Gasteiger partial charge is 0.434 e. The van der Waals surface area contributed by atoms with Gasteiger partial charge in [-0.3, -0.25) is 0 Å². The minimum atomic E-state index is -5.56. The first-order valence-corrected chi connectivity index (χ1v) is 17.0. The third-order valence-electron chi connectivity index (χ3n) is 7.58. The Kier molecular flexibility index (Phi) is 10.7. The monoisotopic (exact) mass is 690 g/mol. The van der Waals surface area contributed by atoms with E-state index in [2.05, 4.69) is 10.3 Å². The lowest BCUT2D eigenvalue weighted by Gasteiger charge is -2.28. The van der Waals surface area contributed by atoms with Crippen LogP contribution >= 0.6 is 11.8 Å². The number of aliphatic carboxylic acids is 1. The van der Waals surface area contributed by atoms with Crippen LogP contribution in [-0.4, -0.2) is 52.6 Å². The second-order valence-corrected chi connectivity index (χ2v) is 13.1. The summed E-state index contributed by atoms with van der Waals surface area (Å²) in [6, 6.07) is 20.2.